The largest absolute Gasteiger partial charge is 0.459 e. The monoisotopic (exact) mass is 592 g/mol. The highest BCUT2D eigenvalue weighted by Gasteiger charge is 2.46. The van der Waals surface area contributed by atoms with Crippen molar-refractivity contribution in [1.82, 2.24) is 10.6 Å². The van der Waals surface area contributed by atoms with E-state index < -0.39 is 75.2 Å². The van der Waals surface area contributed by atoms with Crippen LogP contribution in [-0.2, 0) is 9.47 Å². The number of hydrogen-bond donors (Lipinski definition) is 2. The first-order chi connectivity index (χ1) is 19.2. The molecule has 2 aromatic rings. The Balaban J connectivity index is 1.54. The number of benzene rings is 2. The van der Waals surface area contributed by atoms with Gasteiger partial charge in [-0.05, 0) is 80.4 Å². The molecule has 42 heavy (non-hydrogen) atoms. The van der Waals surface area contributed by atoms with Gasteiger partial charge in [0.05, 0.1) is 16.7 Å². The van der Waals surface area contributed by atoms with Crippen molar-refractivity contribution in [2.24, 2.45) is 0 Å². The molecule has 2 N–H and O–H groups in total. The van der Waals surface area contributed by atoms with Gasteiger partial charge in [0.1, 0.15) is 12.2 Å². The predicted molar refractivity (Wildman–Crippen MR) is 151 cm³/mol. The molecule has 2 aliphatic heterocycles. The van der Waals surface area contributed by atoms with Gasteiger partial charge < -0.3 is 20.1 Å². The van der Waals surface area contributed by atoms with E-state index >= 15 is 17.6 Å². The van der Waals surface area contributed by atoms with Gasteiger partial charge in [0, 0.05) is 40.6 Å². The van der Waals surface area contributed by atoms with Gasteiger partial charge >= 0.3 is 11.9 Å². The summed E-state index contributed by atoms with van der Waals surface area (Å²) in [5, 5.41) is 6.84. The molecule has 2 heterocycles. The Hall–Kier alpha value is -2.98. The van der Waals surface area contributed by atoms with E-state index in [2.05, 4.69) is 10.6 Å². The average molecular weight is 593 g/mol. The Labute approximate surface area is 244 Å². The van der Waals surface area contributed by atoms with Gasteiger partial charge in [-0.1, -0.05) is 12.1 Å². The third-order valence-corrected chi connectivity index (χ3v) is 8.08. The molecule has 0 amide bonds. The molecule has 0 saturated carbocycles. The number of nitrogens with one attached hydrogen (secondary N) is 2. The van der Waals surface area contributed by atoms with E-state index in [4.69, 9.17) is 9.47 Å². The highest BCUT2D eigenvalue weighted by Crippen LogP contribution is 2.35. The topological polar surface area (TPSA) is 76.7 Å². The summed E-state index contributed by atoms with van der Waals surface area (Å²) in [6.07, 6.45) is 1.03. The molecule has 0 spiro atoms. The molecule has 2 fully saturated rings. The molecule has 2 aliphatic rings. The highest BCUT2D eigenvalue weighted by atomic mass is 19.2. The normalized spacial score (nSPS) is 24.1. The Morgan fingerprint density at radius 2 is 1.14 bits per heavy atom. The van der Waals surface area contributed by atoms with Crippen LogP contribution in [0.1, 0.15) is 102 Å². The summed E-state index contributed by atoms with van der Waals surface area (Å²) in [7, 11) is 0. The minimum absolute atomic E-state index is 0.198. The van der Waals surface area contributed by atoms with Crippen molar-refractivity contribution in [1.29, 1.82) is 0 Å². The second-order valence-electron chi connectivity index (χ2n) is 14.1. The van der Waals surface area contributed by atoms with E-state index in [1.165, 1.54) is 0 Å². The summed E-state index contributed by atoms with van der Waals surface area (Å²) in [5.74, 6) is -8.28. The third kappa shape index (κ3) is 6.64. The van der Waals surface area contributed by atoms with Crippen LogP contribution >= 0.6 is 0 Å². The van der Waals surface area contributed by atoms with Crippen molar-refractivity contribution < 1.29 is 36.6 Å². The molecule has 230 valence electrons. The molecule has 0 bridgehead atoms. The van der Waals surface area contributed by atoms with E-state index in [9.17, 15) is 9.59 Å². The standard InChI is InChI=1S/C32H40F4N2O4/c1-29(2)14-13-17(15-30(3,4)37-29)41-27(39)20-11-9-18(23(33)25(20)35)19-10-12-21(26(36)24(19)34)28(40)42-22-16-31(5,6)38-32(22,7)8/h9-12,17,22,37-38H,13-16H2,1-8H3. The second kappa shape index (κ2) is 10.9. The fourth-order valence-corrected chi connectivity index (χ4v) is 6.47. The molecule has 6 nitrogen and oxygen atoms in total. The van der Waals surface area contributed by atoms with Crippen molar-refractivity contribution in [3.05, 3.63) is 58.7 Å². The van der Waals surface area contributed by atoms with Crippen LogP contribution in [0.3, 0.4) is 0 Å². The van der Waals surface area contributed by atoms with Crippen molar-refractivity contribution in [2.45, 2.75) is 115 Å². The Kier molecular flexibility index (Phi) is 8.32. The third-order valence-electron chi connectivity index (χ3n) is 8.08. The summed E-state index contributed by atoms with van der Waals surface area (Å²) in [4.78, 5) is 25.6. The van der Waals surface area contributed by atoms with Crippen LogP contribution < -0.4 is 10.6 Å². The SMILES string of the molecule is CC1(C)CCC(OC(=O)c2ccc(-c3ccc(C(=O)OC4CC(C)(C)NC4(C)C)c(F)c3F)c(F)c2F)CC(C)(C)N1. The van der Waals surface area contributed by atoms with Gasteiger partial charge in [-0.25, -0.2) is 27.2 Å². The molecule has 0 aromatic heterocycles. The van der Waals surface area contributed by atoms with Gasteiger partial charge in [0.2, 0.25) is 0 Å². The smallest absolute Gasteiger partial charge is 0.341 e. The van der Waals surface area contributed by atoms with Crippen molar-refractivity contribution >= 4 is 11.9 Å². The van der Waals surface area contributed by atoms with Gasteiger partial charge in [0.25, 0.3) is 0 Å². The van der Waals surface area contributed by atoms with E-state index in [1.807, 2.05) is 55.4 Å². The molecular weight excluding hydrogens is 552 g/mol. The molecule has 2 saturated heterocycles. The summed E-state index contributed by atoms with van der Waals surface area (Å²) in [6.45, 7) is 15.6. The number of hydrogen-bond acceptors (Lipinski definition) is 6. The van der Waals surface area contributed by atoms with Crippen molar-refractivity contribution in [2.75, 3.05) is 0 Å². The maximum atomic E-state index is 15.2. The lowest BCUT2D eigenvalue weighted by Gasteiger charge is -2.34. The van der Waals surface area contributed by atoms with Crippen LogP contribution in [0.25, 0.3) is 11.1 Å². The lowest BCUT2D eigenvalue weighted by atomic mass is 9.96. The number of halogens is 4. The molecule has 2 aromatic carbocycles. The lowest BCUT2D eigenvalue weighted by molar-refractivity contribution is 0.0164. The Morgan fingerprint density at radius 1 is 0.667 bits per heavy atom. The highest BCUT2D eigenvalue weighted by molar-refractivity contribution is 5.92. The number of esters is 2. The fraction of sp³-hybridized carbons (Fsp3) is 0.562. The summed E-state index contributed by atoms with van der Waals surface area (Å²) >= 11 is 0. The molecule has 0 aliphatic carbocycles. The number of rotatable bonds is 5. The van der Waals surface area contributed by atoms with Crippen LogP contribution in [-0.4, -0.2) is 46.3 Å². The zero-order valence-electron chi connectivity index (χ0n) is 25.4. The first kappa shape index (κ1) is 31.9. The van der Waals surface area contributed by atoms with E-state index in [1.54, 1.807) is 0 Å². The summed E-state index contributed by atoms with van der Waals surface area (Å²) in [6, 6.07) is 3.92. The Bertz CT molecular complexity index is 1400. The maximum Gasteiger partial charge on any atom is 0.341 e. The van der Waals surface area contributed by atoms with Crippen LogP contribution in [0.15, 0.2) is 24.3 Å². The van der Waals surface area contributed by atoms with Crippen LogP contribution in [0.2, 0.25) is 0 Å². The molecule has 2 unspecified atom stereocenters. The average Bonchev–Trinajstić information content (AvgIpc) is 2.98. The van der Waals surface area contributed by atoms with E-state index in [-0.39, 0.29) is 16.6 Å². The van der Waals surface area contributed by atoms with E-state index in [0.29, 0.717) is 25.7 Å². The summed E-state index contributed by atoms with van der Waals surface area (Å²) in [5.41, 5.74) is -4.02. The van der Waals surface area contributed by atoms with Crippen LogP contribution in [0.4, 0.5) is 17.6 Å². The number of ether oxygens (including phenoxy) is 2. The first-order valence-electron chi connectivity index (χ1n) is 14.2. The lowest BCUT2D eigenvalue weighted by Crippen LogP contribution is -2.50. The zero-order chi connectivity index (χ0) is 31.4. The molecular formula is C32H40F4N2O4. The molecule has 0 radical (unpaired) electrons. The summed E-state index contributed by atoms with van der Waals surface area (Å²) < 4.78 is 71.6. The number of carbonyl (C=O) groups is 2. The minimum Gasteiger partial charge on any atom is -0.459 e. The maximum absolute atomic E-state index is 15.2. The van der Waals surface area contributed by atoms with Gasteiger partial charge in [-0.15, -0.1) is 0 Å². The first-order valence-corrected chi connectivity index (χ1v) is 14.2. The molecule has 2 atom stereocenters. The number of carbonyl (C=O) groups excluding carboxylic acids is 2. The molecule has 4 rings (SSSR count). The van der Waals surface area contributed by atoms with E-state index in [0.717, 1.165) is 24.3 Å². The van der Waals surface area contributed by atoms with Gasteiger partial charge in [0.15, 0.2) is 23.3 Å². The van der Waals surface area contributed by atoms with Crippen molar-refractivity contribution in [3.63, 3.8) is 0 Å². The predicted octanol–water partition coefficient (Wildman–Crippen LogP) is 6.84. The van der Waals surface area contributed by atoms with Crippen molar-refractivity contribution in [3.8, 4) is 11.1 Å². The zero-order valence-corrected chi connectivity index (χ0v) is 25.4. The Morgan fingerprint density at radius 3 is 1.62 bits per heavy atom. The fourth-order valence-electron chi connectivity index (χ4n) is 6.47. The van der Waals surface area contributed by atoms with Gasteiger partial charge in [-0.3, -0.25) is 0 Å². The van der Waals surface area contributed by atoms with Gasteiger partial charge in [-0.2, -0.15) is 0 Å². The van der Waals surface area contributed by atoms with Crippen LogP contribution in [0.5, 0.6) is 0 Å². The van der Waals surface area contributed by atoms with Crippen LogP contribution in [0, 0.1) is 23.3 Å². The quantitative estimate of drug-likeness (QED) is 0.293. The second-order valence-corrected chi connectivity index (χ2v) is 14.1. The molecule has 10 heteroatoms. The minimum atomic E-state index is -1.55.